The van der Waals surface area contributed by atoms with E-state index in [0.29, 0.717) is 17.5 Å². The number of furan rings is 1. The highest BCUT2D eigenvalue weighted by Gasteiger charge is 2.18. The average molecular weight is 615 g/mol. The number of para-hydroxylation sites is 3. The fourth-order valence-corrected chi connectivity index (χ4v) is 7.00. The molecule has 0 atom stereocenters. The number of fused-ring (bicyclic) bond motifs is 7. The summed E-state index contributed by atoms with van der Waals surface area (Å²) in [6.07, 6.45) is 0. The lowest BCUT2D eigenvalue weighted by Crippen LogP contribution is -2.02. The van der Waals surface area contributed by atoms with E-state index in [4.69, 9.17) is 19.4 Å². The normalized spacial score (nSPS) is 11.8. The molecule has 0 amide bonds. The predicted molar refractivity (Wildman–Crippen MR) is 195 cm³/mol. The van der Waals surface area contributed by atoms with Crippen LogP contribution < -0.4 is 0 Å². The first-order valence-electron chi connectivity index (χ1n) is 16.0. The molecule has 0 radical (unpaired) electrons. The molecule has 5 nitrogen and oxygen atoms in total. The van der Waals surface area contributed by atoms with Gasteiger partial charge in [0.1, 0.15) is 11.2 Å². The number of benzene rings is 7. The van der Waals surface area contributed by atoms with Crippen molar-refractivity contribution in [3.05, 3.63) is 158 Å². The van der Waals surface area contributed by atoms with Crippen LogP contribution in [0.3, 0.4) is 0 Å². The van der Waals surface area contributed by atoms with Gasteiger partial charge in [-0.2, -0.15) is 0 Å². The van der Waals surface area contributed by atoms with Crippen LogP contribution in [0.4, 0.5) is 0 Å². The van der Waals surface area contributed by atoms with Crippen molar-refractivity contribution in [3.8, 4) is 39.9 Å². The van der Waals surface area contributed by atoms with Gasteiger partial charge in [0.05, 0.1) is 16.7 Å². The molecule has 0 aliphatic rings. The standard InChI is InChI=1S/C43H26N4O/c1-2-12-27(13-3-1)41-44-42(29-22-23-35-34-18-8-11-21-39(34)48-40(35)26-29)46-43(45-41)30-24-28-14-4-5-15-31(28)38(25-30)47-36-19-9-6-16-32(36)33-17-7-10-20-37(33)47/h1-26H. The minimum absolute atomic E-state index is 0.591. The van der Waals surface area contributed by atoms with Gasteiger partial charge >= 0.3 is 0 Å². The molecule has 48 heavy (non-hydrogen) atoms. The third kappa shape index (κ3) is 4.15. The monoisotopic (exact) mass is 614 g/mol. The second kappa shape index (κ2) is 10.5. The van der Waals surface area contributed by atoms with E-state index in [2.05, 4.69) is 108 Å². The van der Waals surface area contributed by atoms with Crippen LogP contribution in [0.15, 0.2) is 162 Å². The van der Waals surface area contributed by atoms with Crippen molar-refractivity contribution in [2.24, 2.45) is 0 Å². The average Bonchev–Trinajstić information content (AvgIpc) is 3.70. The van der Waals surface area contributed by atoms with Gasteiger partial charge in [-0.05, 0) is 47.9 Å². The van der Waals surface area contributed by atoms with Crippen molar-refractivity contribution in [3.63, 3.8) is 0 Å². The van der Waals surface area contributed by atoms with Crippen LogP contribution in [0.5, 0.6) is 0 Å². The molecule has 0 bridgehead atoms. The van der Waals surface area contributed by atoms with Crippen LogP contribution in [-0.2, 0) is 0 Å². The largest absolute Gasteiger partial charge is 0.456 e. The summed E-state index contributed by atoms with van der Waals surface area (Å²) in [5.74, 6) is 1.82. The molecular formula is C43H26N4O. The second-order valence-electron chi connectivity index (χ2n) is 12.1. The lowest BCUT2D eigenvalue weighted by atomic mass is 10.0. The number of nitrogens with zero attached hydrogens (tertiary/aromatic N) is 4. The third-order valence-electron chi connectivity index (χ3n) is 9.22. The summed E-state index contributed by atoms with van der Waals surface area (Å²) >= 11 is 0. The first-order valence-corrected chi connectivity index (χ1v) is 16.0. The van der Waals surface area contributed by atoms with Gasteiger partial charge < -0.3 is 8.98 Å². The van der Waals surface area contributed by atoms with Crippen LogP contribution in [0.1, 0.15) is 0 Å². The fourth-order valence-electron chi connectivity index (χ4n) is 7.00. The number of aromatic nitrogens is 4. The summed E-state index contributed by atoms with van der Waals surface area (Å²) in [7, 11) is 0. The van der Waals surface area contributed by atoms with E-state index in [1.54, 1.807) is 0 Å². The zero-order valence-electron chi connectivity index (χ0n) is 25.7. The molecule has 0 saturated heterocycles. The van der Waals surface area contributed by atoms with Crippen LogP contribution in [0, 0.1) is 0 Å². The number of hydrogen-bond donors (Lipinski definition) is 0. The Balaban J connectivity index is 1.23. The lowest BCUT2D eigenvalue weighted by molar-refractivity contribution is 0.669. The van der Waals surface area contributed by atoms with Crippen molar-refractivity contribution in [2.75, 3.05) is 0 Å². The van der Waals surface area contributed by atoms with Crippen molar-refractivity contribution in [1.29, 1.82) is 0 Å². The number of hydrogen-bond acceptors (Lipinski definition) is 4. The molecule has 224 valence electrons. The molecular weight excluding hydrogens is 589 g/mol. The molecule has 0 unspecified atom stereocenters. The Bertz CT molecular complexity index is 2800. The van der Waals surface area contributed by atoms with Gasteiger partial charge in [-0.3, -0.25) is 0 Å². The number of rotatable bonds is 4. The van der Waals surface area contributed by atoms with E-state index >= 15 is 0 Å². The van der Waals surface area contributed by atoms with Crippen LogP contribution >= 0.6 is 0 Å². The maximum Gasteiger partial charge on any atom is 0.164 e. The highest BCUT2D eigenvalue weighted by atomic mass is 16.3. The summed E-state index contributed by atoms with van der Waals surface area (Å²) in [5, 5.41) is 6.86. The molecule has 0 N–H and O–H groups in total. The van der Waals surface area contributed by atoms with Crippen LogP contribution in [0.25, 0.3) is 94.4 Å². The van der Waals surface area contributed by atoms with E-state index in [-0.39, 0.29) is 0 Å². The summed E-state index contributed by atoms with van der Waals surface area (Å²) in [6, 6.07) is 54.5. The molecule has 5 heteroatoms. The minimum Gasteiger partial charge on any atom is -0.456 e. The maximum absolute atomic E-state index is 6.25. The lowest BCUT2D eigenvalue weighted by Gasteiger charge is -2.15. The van der Waals surface area contributed by atoms with Gasteiger partial charge in [-0.1, -0.05) is 115 Å². The molecule has 0 aliphatic heterocycles. The summed E-state index contributed by atoms with van der Waals surface area (Å²) in [4.78, 5) is 15.2. The topological polar surface area (TPSA) is 56.7 Å². The Morgan fingerprint density at radius 1 is 0.375 bits per heavy atom. The quantitative estimate of drug-likeness (QED) is 0.198. The Morgan fingerprint density at radius 2 is 0.938 bits per heavy atom. The van der Waals surface area contributed by atoms with Gasteiger partial charge in [-0.25, -0.2) is 15.0 Å². The van der Waals surface area contributed by atoms with Crippen molar-refractivity contribution in [2.45, 2.75) is 0 Å². The zero-order chi connectivity index (χ0) is 31.6. The third-order valence-corrected chi connectivity index (χ3v) is 9.22. The molecule has 0 fully saturated rings. The highest BCUT2D eigenvalue weighted by molar-refractivity contribution is 6.11. The molecule has 3 aromatic heterocycles. The Kier molecular flexibility index (Phi) is 5.81. The summed E-state index contributed by atoms with van der Waals surface area (Å²) < 4.78 is 8.61. The fraction of sp³-hybridized carbons (Fsp3) is 0. The van der Waals surface area contributed by atoms with Crippen LogP contribution in [-0.4, -0.2) is 19.5 Å². The maximum atomic E-state index is 6.25. The van der Waals surface area contributed by atoms with Crippen molar-refractivity contribution in [1.82, 2.24) is 19.5 Å². The van der Waals surface area contributed by atoms with Gasteiger partial charge in [-0.15, -0.1) is 0 Å². The van der Waals surface area contributed by atoms with Gasteiger partial charge in [0.25, 0.3) is 0 Å². The summed E-state index contributed by atoms with van der Waals surface area (Å²) in [6.45, 7) is 0. The SMILES string of the molecule is c1ccc(-c2nc(-c3cc(-n4c5ccccc5c5ccccc54)c4ccccc4c3)nc(-c3ccc4c(c3)oc3ccccc34)n2)cc1. The Morgan fingerprint density at radius 3 is 1.69 bits per heavy atom. The molecule has 10 aromatic rings. The smallest absolute Gasteiger partial charge is 0.164 e. The van der Waals surface area contributed by atoms with Gasteiger partial charge in [0, 0.05) is 43.6 Å². The molecule has 0 saturated carbocycles. The molecule has 3 heterocycles. The molecule has 10 rings (SSSR count). The second-order valence-corrected chi connectivity index (χ2v) is 12.1. The van der Waals surface area contributed by atoms with E-state index in [1.165, 1.54) is 10.8 Å². The van der Waals surface area contributed by atoms with E-state index < -0.39 is 0 Å². The zero-order valence-corrected chi connectivity index (χ0v) is 25.7. The van der Waals surface area contributed by atoms with Gasteiger partial charge in [0.15, 0.2) is 17.5 Å². The molecule has 7 aromatic carbocycles. The first-order chi connectivity index (χ1) is 23.8. The highest BCUT2D eigenvalue weighted by Crippen LogP contribution is 2.38. The Hall–Kier alpha value is -6.59. The Labute approximate surface area is 275 Å². The summed E-state index contributed by atoms with van der Waals surface area (Å²) in [5.41, 5.74) is 7.75. The predicted octanol–water partition coefficient (Wildman–Crippen LogP) is 11.0. The van der Waals surface area contributed by atoms with E-state index in [1.807, 2.05) is 54.6 Å². The van der Waals surface area contributed by atoms with Gasteiger partial charge in [0.2, 0.25) is 0 Å². The minimum atomic E-state index is 0.591. The van der Waals surface area contributed by atoms with E-state index in [0.717, 1.165) is 66.1 Å². The van der Waals surface area contributed by atoms with E-state index in [9.17, 15) is 0 Å². The molecule has 0 spiro atoms. The van der Waals surface area contributed by atoms with Crippen LogP contribution in [0.2, 0.25) is 0 Å². The molecule has 0 aliphatic carbocycles. The van der Waals surface area contributed by atoms with Crippen molar-refractivity contribution >= 4 is 54.5 Å². The first kappa shape index (κ1) is 26.6. The van der Waals surface area contributed by atoms with Crippen molar-refractivity contribution < 1.29 is 4.42 Å².